The van der Waals surface area contributed by atoms with Crippen molar-refractivity contribution in [2.24, 2.45) is 11.8 Å². The molecule has 1 aromatic carbocycles. The lowest BCUT2D eigenvalue weighted by molar-refractivity contribution is -0.116. The van der Waals surface area contributed by atoms with Gasteiger partial charge in [0.2, 0.25) is 5.91 Å². The fourth-order valence-electron chi connectivity index (χ4n) is 3.06. The summed E-state index contributed by atoms with van der Waals surface area (Å²) >= 11 is 0. The van der Waals surface area contributed by atoms with Gasteiger partial charge in [-0.1, -0.05) is 27.7 Å². The van der Waals surface area contributed by atoms with Gasteiger partial charge < -0.3 is 10.6 Å². The Bertz CT molecular complexity index is 484. The topological polar surface area (TPSA) is 41.1 Å². The molecule has 1 heterocycles. The van der Waals surface area contributed by atoms with Crippen LogP contribution in [0, 0.1) is 11.8 Å². The first kappa shape index (κ1) is 15.9. The molecule has 0 atom stereocenters. The Kier molecular flexibility index (Phi) is 5.27. The van der Waals surface area contributed by atoms with E-state index in [2.05, 4.69) is 50.5 Å². The average molecular weight is 288 g/mol. The summed E-state index contributed by atoms with van der Waals surface area (Å²) in [6.45, 7) is 9.10. The maximum Gasteiger partial charge on any atom is 0.224 e. The molecule has 0 aromatic heterocycles. The van der Waals surface area contributed by atoms with Crippen LogP contribution in [0.2, 0.25) is 0 Å². The van der Waals surface area contributed by atoms with E-state index in [4.69, 9.17) is 0 Å². The summed E-state index contributed by atoms with van der Waals surface area (Å²) in [4.78, 5) is 11.4. The molecule has 0 aliphatic carbocycles. The van der Waals surface area contributed by atoms with Gasteiger partial charge in [-0.3, -0.25) is 4.79 Å². The Morgan fingerprint density at radius 2 is 1.76 bits per heavy atom. The van der Waals surface area contributed by atoms with Crippen molar-refractivity contribution in [2.45, 2.75) is 59.4 Å². The number of aryl methyl sites for hydroxylation is 1. The summed E-state index contributed by atoms with van der Waals surface area (Å²) in [5, 5.41) is 6.63. The third-order valence-electron chi connectivity index (χ3n) is 3.88. The minimum absolute atomic E-state index is 0.126. The van der Waals surface area contributed by atoms with Gasteiger partial charge in [-0.15, -0.1) is 0 Å². The van der Waals surface area contributed by atoms with Crippen LogP contribution in [-0.4, -0.2) is 11.9 Å². The van der Waals surface area contributed by atoms with Crippen LogP contribution in [0.1, 0.15) is 52.5 Å². The van der Waals surface area contributed by atoms with E-state index in [1.807, 2.05) is 6.07 Å². The average Bonchev–Trinajstić information content (AvgIpc) is 2.37. The van der Waals surface area contributed by atoms with Crippen molar-refractivity contribution in [2.75, 3.05) is 10.6 Å². The first-order chi connectivity index (χ1) is 9.94. The highest BCUT2D eigenvalue weighted by atomic mass is 16.1. The molecule has 1 aliphatic rings. The number of rotatable bonds is 6. The standard InChI is InChI=1S/C18H28N2O/c1-12(2)9-16(10-13(3)4)19-15-6-7-17-14(11-15)5-8-18(21)20-17/h6-7,11-13,16,19H,5,8-10H2,1-4H3,(H,20,21). The van der Waals surface area contributed by atoms with Crippen LogP contribution in [0.15, 0.2) is 18.2 Å². The fourth-order valence-corrected chi connectivity index (χ4v) is 3.06. The number of carbonyl (C=O) groups is 1. The molecule has 116 valence electrons. The van der Waals surface area contributed by atoms with Crippen LogP contribution in [0.3, 0.4) is 0 Å². The van der Waals surface area contributed by atoms with Gasteiger partial charge in [-0.25, -0.2) is 0 Å². The van der Waals surface area contributed by atoms with Gasteiger partial charge in [0.15, 0.2) is 0 Å². The molecule has 0 radical (unpaired) electrons. The molecule has 2 N–H and O–H groups in total. The van der Waals surface area contributed by atoms with Crippen molar-refractivity contribution >= 4 is 17.3 Å². The highest BCUT2D eigenvalue weighted by Crippen LogP contribution is 2.27. The number of amides is 1. The molecule has 3 heteroatoms. The Labute approximate surface area is 128 Å². The summed E-state index contributed by atoms with van der Waals surface area (Å²) in [6, 6.07) is 6.82. The third-order valence-corrected chi connectivity index (χ3v) is 3.88. The zero-order chi connectivity index (χ0) is 15.4. The lowest BCUT2D eigenvalue weighted by atomic mass is 9.95. The van der Waals surface area contributed by atoms with Gasteiger partial charge in [-0.05, 0) is 54.9 Å². The van der Waals surface area contributed by atoms with Crippen molar-refractivity contribution in [1.82, 2.24) is 0 Å². The SMILES string of the molecule is CC(C)CC(CC(C)C)Nc1ccc2c(c1)CCC(=O)N2. The number of nitrogens with one attached hydrogen (secondary N) is 2. The Morgan fingerprint density at radius 3 is 2.38 bits per heavy atom. The van der Waals surface area contributed by atoms with E-state index in [0.717, 1.165) is 12.1 Å². The van der Waals surface area contributed by atoms with Crippen LogP contribution < -0.4 is 10.6 Å². The Hall–Kier alpha value is -1.51. The number of anilines is 2. The van der Waals surface area contributed by atoms with E-state index in [9.17, 15) is 4.79 Å². The summed E-state index contributed by atoms with van der Waals surface area (Å²) in [5.41, 5.74) is 3.39. The zero-order valence-corrected chi connectivity index (χ0v) is 13.7. The lowest BCUT2D eigenvalue weighted by Gasteiger charge is -2.25. The largest absolute Gasteiger partial charge is 0.382 e. The molecule has 2 rings (SSSR count). The van der Waals surface area contributed by atoms with Crippen molar-refractivity contribution < 1.29 is 4.79 Å². The molecule has 1 aromatic rings. The molecule has 1 amide bonds. The first-order valence-electron chi connectivity index (χ1n) is 8.13. The predicted octanol–water partition coefficient (Wildman–Crippen LogP) is 4.44. The third kappa shape index (κ3) is 4.76. The molecular formula is C18H28N2O. The molecule has 0 fully saturated rings. The van der Waals surface area contributed by atoms with Gasteiger partial charge in [0, 0.05) is 23.8 Å². The number of hydrogen-bond donors (Lipinski definition) is 2. The van der Waals surface area contributed by atoms with Gasteiger partial charge in [0.1, 0.15) is 0 Å². The predicted molar refractivity (Wildman–Crippen MR) is 89.7 cm³/mol. The molecule has 21 heavy (non-hydrogen) atoms. The molecule has 0 unspecified atom stereocenters. The summed E-state index contributed by atoms with van der Waals surface area (Å²) in [6.07, 6.45) is 3.81. The Balaban J connectivity index is 2.08. The molecule has 0 bridgehead atoms. The highest BCUT2D eigenvalue weighted by Gasteiger charge is 2.17. The first-order valence-corrected chi connectivity index (χ1v) is 8.13. The van der Waals surface area contributed by atoms with Crippen LogP contribution in [0.4, 0.5) is 11.4 Å². The number of fused-ring (bicyclic) bond motifs is 1. The van der Waals surface area contributed by atoms with Crippen molar-refractivity contribution in [3.63, 3.8) is 0 Å². The quantitative estimate of drug-likeness (QED) is 0.812. The van der Waals surface area contributed by atoms with Crippen molar-refractivity contribution in [3.8, 4) is 0 Å². The molecule has 0 saturated heterocycles. The van der Waals surface area contributed by atoms with Crippen LogP contribution in [0.25, 0.3) is 0 Å². The second-order valence-corrected chi connectivity index (χ2v) is 7.02. The van der Waals surface area contributed by atoms with E-state index in [1.54, 1.807) is 0 Å². The fraction of sp³-hybridized carbons (Fsp3) is 0.611. The van der Waals surface area contributed by atoms with Gasteiger partial charge in [0.25, 0.3) is 0 Å². The lowest BCUT2D eigenvalue weighted by Crippen LogP contribution is -2.24. The molecule has 0 spiro atoms. The van der Waals surface area contributed by atoms with E-state index < -0.39 is 0 Å². The van der Waals surface area contributed by atoms with Gasteiger partial charge >= 0.3 is 0 Å². The second-order valence-electron chi connectivity index (χ2n) is 7.02. The second kappa shape index (κ2) is 6.97. The smallest absolute Gasteiger partial charge is 0.224 e. The zero-order valence-electron chi connectivity index (χ0n) is 13.7. The van der Waals surface area contributed by atoms with E-state index >= 15 is 0 Å². The van der Waals surface area contributed by atoms with Crippen LogP contribution in [0.5, 0.6) is 0 Å². The van der Waals surface area contributed by atoms with E-state index in [0.29, 0.717) is 24.3 Å². The van der Waals surface area contributed by atoms with Crippen LogP contribution in [-0.2, 0) is 11.2 Å². The van der Waals surface area contributed by atoms with E-state index in [1.165, 1.54) is 24.1 Å². The molecule has 1 aliphatic heterocycles. The maximum absolute atomic E-state index is 11.4. The number of carbonyl (C=O) groups excluding carboxylic acids is 1. The molecular weight excluding hydrogens is 260 g/mol. The summed E-state index contributed by atoms with van der Waals surface area (Å²) in [5.74, 6) is 1.51. The summed E-state index contributed by atoms with van der Waals surface area (Å²) in [7, 11) is 0. The minimum atomic E-state index is 0.126. The highest BCUT2D eigenvalue weighted by molar-refractivity contribution is 5.94. The molecule has 0 saturated carbocycles. The minimum Gasteiger partial charge on any atom is -0.382 e. The van der Waals surface area contributed by atoms with E-state index in [-0.39, 0.29) is 5.91 Å². The monoisotopic (exact) mass is 288 g/mol. The Morgan fingerprint density at radius 1 is 1.10 bits per heavy atom. The van der Waals surface area contributed by atoms with Crippen molar-refractivity contribution in [1.29, 1.82) is 0 Å². The molecule has 3 nitrogen and oxygen atoms in total. The van der Waals surface area contributed by atoms with Crippen LogP contribution >= 0.6 is 0 Å². The number of hydrogen-bond acceptors (Lipinski definition) is 2. The van der Waals surface area contributed by atoms with Gasteiger partial charge in [-0.2, -0.15) is 0 Å². The number of benzene rings is 1. The van der Waals surface area contributed by atoms with Gasteiger partial charge in [0.05, 0.1) is 0 Å². The normalized spacial score (nSPS) is 14.5. The summed E-state index contributed by atoms with van der Waals surface area (Å²) < 4.78 is 0. The maximum atomic E-state index is 11.4. The van der Waals surface area contributed by atoms with Crippen molar-refractivity contribution in [3.05, 3.63) is 23.8 Å².